The Balaban J connectivity index is 1.72. The van der Waals surface area contributed by atoms with E-state index in [0.717, 1.165) is 50.3 Å². The number of rotatable bonds is 6. The van der Waals surface area contributed by atoms with Gasteiger partial charge in [0.15, 0.2) is 5.82 Å². The molecule has 1 aromatic rings. The first-order valence-corrected chi connectivity index (χ1v) is 7.97. The molecule has 1 aliphatic heterocycles. The largest absolute Gasteiger partial charge is 0.379 e. The van der Waals surface area contributed by atoms with Crippen LogP contribution in [0, 0.1) is 0 Å². The lowest BCUT2D eigenvalue weighted by Crippen LogP contribution is -2.37. The highest BCUT2D eigenvalue weighted by molar-refractivity contribution is 7.99. The van der Waals surface area contributed by atoms with Crippen LogP contribution in [0.5, 0.6) is 0 Å². The zero-order valence-electron chi connectivity index (χ0n) is 12.0. The summed E-state index contributed by atoms with van der Waals surface area (Å²) in [7, 11) is 0. The standard InChI is InChI=1S/C13H23N3O2S/c1-10(2)12-14-13(18-15-12)11(3)19-9-6-16-4-7-17-8-5-16/h10-11H,4-9H2,1-3H3/t11-/m1/s1. The highest BCUT2D eigenvalue weighted by Gasteiger charge is 2.17. The van der Waals surface area contributed by atoms with E-state index in [9.17, 15) is 0 Å². The van der Waals surface area contributed by atoms with Crippen molar-refractivity contribution in [3.63, 3.8) is 0 Å². The van der Waals surface area contributed by atoms with Gasteiger partial charge >= 0.3 is 0 Å². The summed E-state index contributed by atoms with van der Waals surface area (Å²) >= 11 is 1.87. The van der Waals surface area contributed by atoms with Gasteiger partial charge in [-0.25, -0.2) is 0 Å². The minimum atomic E-state index is 0.265. The van der Waals surface area contributed by atoms with Crippen molar-refractivity contribution in [1.82, 2.24) is 15.0 Å². The van der Waals surface area contributed by atoms with Crippen LogP contribution in [0.3, 0.4) is 0 Å². The van der Waals surface area contributed by atoms with Crippen molar-refractivity contribution in [3.8, 4) is 0 Å². The molecule has 1 atom stereocenters. The number of nitrogens with zero attached hydrogens (tertiary/aromatic N) is 3. The fourth-order valence-electron chi connectivity index (χ4n) is 1.90. The predicted molar refractivity (Wildman–Crippen MR) is 76.5 cm³/mol. The topological polar surface area (TPSA) is 51.4 Å². The molecule has 1 fully saturated rings. The molecule has 0 aromatic carbocycles. The Morgan fingerprint density at radius 1 is 1.26 bits per heavy atom. The number of hydrogen-bond donors (Lipinski definition) is 0. The molecule has 0 amide bonds. The molecule has 1 aromatic heterocycles. The summed E-state index contributed by atoms with van der Waals surface area (Å²) in [5.41, 5.74) is 0. The average molecular weight is 285 g/mol. The van der Waals surface area contributed by atoms with Crippen molar-refractivity contribution in [2.24, 2.45) is 0 Å². The molecule has 0 unspecified atom stereocenters. The van der Waals surface area contributed by atoms with Gasteiger partial charge in [0.25, 0.3) is 0 Å². The molecule has 5 nitrogen and oxygen atoms in total. The number of thioether (sulfide) groups is 1. The van der Waals surface area contributed by atoms with Crippen molar-refractivity contribution >= 4 is 11.8 Å². The third-order valence-corrected chi connectivity index (χ3v) is 4.32. The zero-order valence-corrected chi connectivity index (χ0v) is 12.8. The molecule has 2 rings (SSSR count). The van der Waals surface area contributed by atoms with Gasteiger partial charge in [-0.2, -0.15) is 4.98 Å². The lowest BCUT2D eigenvalue weighted by molar-refractivity contribution is 0.0410. The molecule has 1 saturated heterocycles. The second kappa shape index (κ2) is 7.26. The summed E-state index contributed by atoms with van der Waals surface area (Å²) in [4.78, 5) is 6.88. The third kappa shape index (κ3) is 4.47. The third-order valence-electron chi connectivity index (χ3n) is 3.20. The molecular formula is C13H23N3O2S. The molecular weight excluding hydrogens is 262 g/mol. The molecule has 19 heavy (non-hydrogen) atoms. The monoisotopic (exact) mass is 285 g/mol. The summed E-state index contributed by atoms with van der Waals surface area (Å²) < 4.78 is 10.7. The van der Waals surface area contributed by atoms with Crippen LogP contribution in [0.15, 0.2) is 4.52 Å². The van der Waals surface area contributed by atoms with Gasteiger partial charge in [0, 0.05) is 31.3 Å². The first-order chi connectivity index (χ1) is 9.16. The van der Waals surface area contributed by atoms with Crippen LogP contribution in [0.1, 0.15) is 43.7 Å². The Hall–Kier alpha value is -0.590. The summed E-state index contributed by atoms with van der Waals surface area (Å²) in [5, 5.41) is 4.27. The van der Waals surface area contributed by atoms with Crippen molar-refractivity contribution in [1.29, 1.82) is 0 Å². The van der Waals surface area contributed by atoms with E-state index in [-0.39, 0.29) is 5.25 Å². The van der Waals surface area contributed by atoms with E-state index in [1.807, 2.05) is 11.8 Å². The summed E-state index contributed by atoms with van der Waals surface area (Å²) in [6, 6.07) is 0. The quantitative estimate of drug-likeness (QED) is 0.799. The minimum absolute atomic E-state index is 0.265. The molecule has 108 valence electrons. The van der Waals surface area contributed by atoms with E-state index in [1.54, 1.807) is 0 Å². The number of hydrogen-bond acceptors (Lipinski definition) is 6. The summed E-state index contributed by atoms with van der Waals surface area (Å²) in [6.45, 7) is 11.2. The molecule has 2 heterocycles. The highest BCUT2D eigenvalue weighted by Crippen LogP contribution is 2.27. The van der Waals surface area contributed by atoms with Gasteiger partial charge in [-0.3, -0.25) is 4.90 Å². The SMILES string of the molecule is CC(C)c1noc([C@@H](C)SCCN2CCOCC2)n1. The van der Waals surface area contributed by atoms with Gasteiger partial charge in [0.2, 0.25) is 5.89 Å². The fraction of sp³-hybridized carbons (Fsp3) is 0.846. The Kier molecular flexibility index (Phi) is 5.66. The second-order valence-electron chi connectivity index (χ2n) is 5.11. The Morgan fingerprint density at radius 2 is 2.00 bits per heavy atom. The first-order valence-electron chi connectivity index (χ1n) is 6.92. The average Bonchev–Trinajstić information content (AvgIpc) is 2.89. The van der Waals surface area contributed by atoms with Crippen LogP contribution in [0.4, 0.5) is 0 Å². The minimum Gasteiger partial charge on any atom is -0.379 e. The van der Waals surface area contributed by atoms with Crippen LogP contribution >= 0.6 is 11.8 Å². The number of ether oxygens (including phenoxy) is 1. The van der Waals surface area contributed by atoms with E-state index in [4.69, 9.17) is 9.26 Å². The Bertz CT molecular complexity index is 378. The van der Waals surface area contributed by atoms with Gasteiger partial charge in [-0.05, 0) is 6.92 Å². The van der Waals surface area contributed by atoms with Crippen molar-refractivity contribution in [2.75, 3.05) is 38.6 Å². The Labute approximate surface area is 119 Å². The van der Waals surface area contributed by atoms with Crippen LogP contribution in [-0.2, 0) is 4.74 Å². The predicted octanol–water partition coefficient (Wildman–Crippen LogP) is 2.32. The van der Waals surface area contributed by atoms with Crippen molar-refractivity contribution in [3.05, 3.63) is 11.7 Å². The smallest absolute Gasteiger partial charge is 0.239 e. The molecule has 6 heteroatoms. The molecule has 0 spiro atoms. The summed E-state index contributed by atoms with van der Waals surface area (Å²) in [6.07, 6.45) is 0. The maximum Gasteiger partial charge on any atom is 0.239 e. The van der Waals surface area contributed by atoms with Gasteiger partial charge < -0.3 is 9.26 Å². The first kappa shape index (κ1) is 14.8. The number of morpholine rings is 1. The lowest BCUT2D eigenvalue weighted by atomic mass is 10.2. The van der Waals surface area contributed by atoms with Gasteiger partial charge in [0.1, 0.15) is 0 Å². The molecule has 1 aliphatic rings. The normalized spacial score (nSPS) is 18.9. The molecule has 0 bridgehead atoms. The van der Waals surface area contributed by atoms with Crippen LogP contribution in [-0.4, -0.2) is 53.6 Å². The molecule has 0 N–H and O–H groups in total. The van der Waals surface area contributed by atoms with Crippen molar-refractivity contribution in [2.45, 2.75) is 31.9 Å². The van der Waals surface area contributed by atoms with Gasteiger partial charge in [-0.15, -0.1) is 11.8 Å². The van der Waals surface area contributed by atoms with E-state index < -0.39 is 0 Å². The number of aromatic nitrogens is 2. The lowest BCUT2D eigenvalue weighted by Gasteiger charge is -2.26. The maximum atomic E-state index is 5.34. The fourth-order valence-corrected chi connectivity index (χ4v) is 2.86. The van der Waals surface area contributed by atoms with Crippen LogP contribution in [0.25, 0.3) is 0 Å². The highest BCUT2D eigenvalue weighted by atomic mass is 32.2. The van der Waals surface area contributed by atoms with Gasteiger partial charge in [-0.1, -0.05) is 19.0 Å². The van der Waals surface area contributed by atoms with Gasteiger partial charge in [0.05, 0.1) is 18.5 Å². The van der Waals surface area contributed by atoms with Crippen LogP contribution < -0.4 is 0 Å². The Morgan fingerprint density at radius 3 is 2.63 bits per heavy atom. The second-order valence-corrected chi connectivity index (χ2v) is 6.56. The zero-order chi connectivity index (χ0) is 13.7. The molecule has 0 aliphatic carbocycles. The van der Waals surface area contributed by atoms with E-state index in [1.165, 1.54) is 0 Å². The van der Waals surface area contributed by atoms with E-state index >= 15 is 0 Å². The summed E-state index contributed by atoms with van der Waals surface area (Å²) in [5.74, 6) is 2.95. The van der Waals surface area contributed by atoms with E-state index in [2.05, 4.69) is 35.8 Å². The van der Waals surface area contributed by atoms with Crippen LogP contribution in [0.2, 0.25) is 0 Å². The molecule has 0 saturated carbocycles. The molecule has 0 radical (unpaired) electrons. The maximum absolute atomic E-state index is 5.34. The van der Waals surface area contributed by atoms with E-state index in [0.29, 0.717) is 5.92 Å². The van der Waals surface area contributed by atoms with Crippen molar-refractivity contribution < 1.29 is 9.26 Å².